The quantitative estimate of drug-likeness (QED) is 0.549. The van der Waals surface area contributed by atoms with E-state index < -0.39 is 23.8 Å². The molecular formula is C24H23BrN2O5S2. The smallest absolute Gasteiger partial charge is 0.327 e. The second kappa shape index (κ2) is 7.80. The molecule has 2 saturated carbocycles. The maximum atomic E-state index is 13.6. The van der Waals surface area contributed by atoms with E-state index in [0.717, 1.165) is 31.3 Å². The molecule has 3 fully saturated rings. The number of carboxylic acid groups (broad SMARTS) is 1. The molecular weight excluding hydrogens is 540 g/mol. The number of carbonyl (C=O) groups is 3. The molecule has 1 aromatic carbocycles. The highest BCUT2D eigenvalue weighted by molar-refractivity contribution is 9.10. The van der Waals surface area contributed by atoms with Crippen molar-refractivity contribution in [3.63, 3.8) is 0 Å². The number of fused-ring (bicyclic) bond motifs is 9. The highest BCUT2D eigenvalue weighted by Crippen LogP contribution is 2.68. The lowest BCUT2D eigenvalue weighted by atomic mass is 9.68. The molecule has 2 amide bonds. The Morgan fingerprint density at radius 1 is 1.18 bits per heavy atom. The molecule has 178 valence electrons. The van der Waals surface area contributed by atoms with E-state index in [0.29, 0.717) is 0 Å². The number of aliphatic carboxylic acids is 1. The number of hydrogen-bond donors (Lipinski definition) is 2. The minimum atomic E-state index is -1.14. The van der Waals surface area contributed by atoms with E-state index >= 15 is 0 Å². The van der Waals surface area contributed by atoms with Gasteiger partial charge in [0.05, 0.1) is 16.9 Å². The summed E-state index contributed by atoms with van der Waals surface area (Å²) in [5.41, 5.74) is 1.09. The van der Waals surface area contributed by atoms with Gasteiger partial charge in [0.2, 0.25) is 11.8 Å². The number of carbonyl (C=O) groups excluding carboxylic acids is 2. The molecule has 2 bridgehead atoms. The number of halogens is 1. The van der Waals surface area contributed by atoms with Crippen molar-refractivity contribution in [3.8, 4) is 0 Å². The third kappa shape index (κ3) is 3.00. The van der Waals surface area contributed by atoms with Crippen LogP contribution in [0.5, 0.6) is 0 Å². The summed E-state index contributed by atoms with van der Waals surface area (Å²) in [6, 6.07) is 6.94. The molecule has 10 heteroatoms. The summed E-state index contributed by atoms with van der Waals surface area (Å²) in [6.45, 7) is 3.46. The number of carboxylic acids is 1. The molecule has 2 aliphatic heterocycles. The number of aromatic nitrogens is 1. The fourth-order valence-electron chi connectivity index (χ4n) is 7.08. The van der Waals surface area contributed by atoms with Crippen LogP contribution in [-0.2, 0) is 14.4 Å². The molecule has 8 atom stereocenters. The van der Waals surface area contributed by atoms with Crippen LogP contribution < -0.4 is 4.87 Å². The van der Waals surface area contributed by atoms with Crippen LogP contribution in [0.4, 0.5) is 0 Å². The minimum Gasteiger partial charge on any atom is -0.480 e. The van der Waals surface area contributed by atoms with Gasteiger partial charge in [0, 0.05) is 20.5 Å². The number of imide groups is 1. The highest BCUT2D eigenvalue weighted by atomic mass is 79.9. The number of benzene rings is 1. The molecule has 1 saturated heterocycles. The Balaban J connectivity index is 1.45. The molecule has 4 aliphatic rings. The van der Waals surface area contributed by atoms with Crippen molar-refractivity contribution in [1.29, 1.82) is 0 Å². The van der Waals surface area contributed by atoms with Gasteiger partial charge in [0.25, 0.3) is 0 Å². The Bertz CT molecular complexity index is 1290. The second-order valence-electron chi connectivity index (χ2n) is 10.1. The number of aromatic amines is 1. The number of likely N-dealkylation sites (tertiary alicyclic amines) is 1. The van der Waals surface area contributed by atoms with E-state index in [-0.39, 0.29) is 51.5 Å². The van der Waals surface area contributed by atoms with E-state index in [2.05, 4.69) is 33.0 Å². The molecule has 0 radical (unpaired) electrons. The largest absolute Gasteiger partial charge is 0.480 e. The van der Waals surface area contributed by atoms with Crippen LogP contribution in [0.2, 0.25) is 0 Å². The van der Waals surface area contributed by atoms with Gasteiger partial charge in [0.15, 0.2) is 0 Å². The Morgan fingerprint density at radius 2 is 1.88 bits per heavy atom. The van der Waals surface area contributed by atoms with Crippen LogP contribution in [0, 0.1) is 35.5 Å². The van der Waals surface area contributed by atoms with Crippen molar-refractivity contribution >= 4 is 56.8 Å². The summed E-state index contributed by atoms with van der Waals surface area (Å²) in [5, 5.41) is 10.8. The second-order valence-corrected chi connectivity index (χ2v) is 13.2. The number of thioether (sulfide) groups is 1. The van der Waals surface area contributed by atoms with Crippen LogP contribution in [0.15, 0.2) is 38.6 Å². The predicted octanol–water partition coefficient (Wildman–Crippen LogP) is 3.78. The third-order valence-corrected chi connectivity index (χ3v) is 11.2. The predicted molar refractivity (Wildman–Crippen MR) is 131 cm³/mol. The fraction of sp³-hybridized carbons (Fsp3) is 0.500. The summed E-state index contributed by atoms with van der Waals surface area (Å²) >= 11 is 6.43. The van der Waals surface area contributed by atoms with Crippen molar-refractivity contribution in [1.82, 2.24) is 9.88 Å². The fourth-order valence-corrected chi connectivity index (χ4v) is 10.4. The Morgan fingerprint density at radius 3 is 2.53 bits per heavy atom. The van der Waals surface area contributed by atoms with Gasteiger partial charge in [-0.2, -0.15) is 0 Å². The van der Waals surface area contributed by atoms with Crippen molar-refractivity contribution in [3.05, 3.63) is 48.8 Å². The van der Waals surface area contributed by atoms with E-state index in [4.69, 9.17) is 0 Å². The molecule has 34 heavy (non-hydrogen) atoms. The first-order valence-electron chi connectivity index (χ1n) is 11.4. The minimum absolute atomic E-state index is 0.0146. The summed E-state index contributed by atoms with van der Waals surface area (Å²) < 4.78 is 0.949. The molecule has 0 spiro atoms. The standard InChI is InChI=1S/C24H23BrN2O5S2/c1-8(2)17(23(30)31)27-21(28)15-11-7-12(16(15)22(27)29)18-14(11)13(9-4-3-5-10(25)6-9)19-20(33-18)26-24(32)34-19/h3-6,8,11-18H,7H2,1-2H3,(H,26,32)(H,30,31)/t11?,12?,13-,14?,15?,16?,17?,18?/m1/s1. The number of H-pyrrole nitrogens is 1. The number of rotatable bonds is 4. The topological polar surface area (TPSA) is 108 Å². The first-order chi connectivity index (χ1) is 16.2. The first-order valence-corrected chi connectivity index (χ1v) is 13.9. The van der Waals surface area contributed by atoms with Gasteiger partial charge in [-0.1, -0.05) is 53.2 Å². The molecule has 2 N–H and O–H groups in total. The first kappa shape index (κ1) is 22.5. The zero-order valence-electron chi connectivity index (χ0n) is 18.4. The van der Waals surface area contributed by atoms with Gasteiger partial charge >= 0.3 is 10.8 Å². The Labute approximate surface area is 212 Å². The number of hydrogen-bond acceptors (Lipinski definition) is 6. The molecule has 7 nitrogen and oxygen atoms in total. The Kier molecular flexibility index (Phi) is 5.17. The van der Waals surface area contributed by atoms with Gasteiger partial charge in [0.1, 0.15) is 6.04 Å². The summed E-state index contributed by atoms with van der Waals surface area (Å²) in [4.78, 5) is 56.4. The maximum Gasteiger partial charge on any atom is 0.327 e. The van der Waals surface area contributed by atoms with Crippen LogP contribution in [-0.4, -0.2) is 44.1 Å². The number of nitrogens with zero attached hydrogens (tertiary/aromatic N) is 1. The average molecular weight is 563 g/mol. The SMILES string of the molecule is CC(C)C(C(=O)O)N1C(=O)C2C3CC(C2C1=O)C1C3Sc2[nH]c(=O)sc2[C@@H]1c1cccc(Br)c1. The van der Waals surface area contributed by atoms with E-state index in [1.165, 1.54) is 11.3 Å². The van der Waals surface area contributed by atoms with Gasteiger partial charge < -0.3 is 10.1 Å². The van der Waals surface area contributed by atoms with E-state index in [9.17, 15) is 24.3 Å². The monoisotopic (exact) mass is 562 g/mol. The molecule has 1 aromatic heterocycles. The maximum absolute atomic E-state index is 13.6. The number of nitrogens with one attached hydrogen (secondary N) is 1. The van der Waals surface area contributed by atoms with Crippen LogP contribution in [0.3, 0.4) is 0 Å². The van der Waals surface area contributed by atoms with Gasteiger partial charge in [-0.05, 0) is 47.8 Å². The zero-order valence-corrected chi connectivity index (χ0v) is 21.7. The van der Waals surface area contributed by atoms with Crippen molar-refractivity contribution in [2.45, 2.75) is 42.5 Å². The zero-order chi connectivity index (χ0) is 24.0. The lowest BCUT2D eigenvalue weighted by molar-refractivity contribution is -0.157. The Hall–Kier alpha value is -1.91. The normalized spacial score (nSPS) is 34.4. The van der Waals surface area contributed by atoms with Crippen molar-refractivity contribution < 1.29 is 19.5 Å². The molecule has 3 heterocycles. The summed E-state index contributed by atoms with van der Waals surface area (Å²) in [5.74, 6) is -3.09. The van der Waals surface area contributed by atoms with Crippen LogP contribution in [0.25, 0.3) is 0 Å². The number of thiazole rings is 1. The summed E-state index contributed by atoms with van der Waals surface area (Å²) in [7, 11) is 0. The van der Waals surface area contributed by atoms with E-state index in [1.54, 1.807) is 25.6 Å². The highest BCUT2D eigenvalue weighted by Gasteiger charge is 2.70. The van der Waals surface area contributed by atoms with Crippen LogP contribution >= 0.6 is 39.0 Å². The van der Waals surface area contributed by atoms with Crippen molar-refractivity contribution in [2.75, 3.05) is 0 Å². The lowest BCUT2D eigenvalue weighted by Crippen LogP contribution is -2.49. The average Bonchev–Trinajstić information content (AvgIpc) is 3.48. The molecule has 7 unspecified atom stereocenters. The van der Waals surface area contributed by atoms with Crippen LogP contribution in [0.1, 0.15) is 36.6 Å². The lowest BCUT2D eigenvalue weighted by Gasteiger charge is -2.43. The molecule has 2 aliphatic carbocycles. The van der Waals surface area contributed by atoms with Gasteiger partial charge in [-0.3, -0.25) is 19.3 Å². The third-order valence-electron chi connectivity index (χ3n) is 8.13. The molecule has 6 rings (SSSR count). The summed E-state index contributed by atoms with van der Waals surface area (Å²) in [6.07, 6.45) is 0.784. The number of amides is 2. The van der Waals surface area contributed by atoms with Gasteiger partial charge in [-0.15, -0.1) is 11.8 Å². The molecule has 2 aromatic rings. The van der Waals surface area contributed by atoms with Gasteiger partial charge in [-0.25, -0.2) is 4.79 Å². The van der Waals surface area contributed by atoms with Crippen molar-refractivity contribution in [2.24, 2.45) is 35.5 Å². The van der Waals surface area contributed by atoms with E-state index in [1.807, 2.05) is 12.1 Å².